The summed E-state index contributed by atoms with van der Waals surface area (Å²) < 4.78 is 13.0. The van der Waals surface area contributed by atoms with Crippen LogP contribution in [0.25, 0.3) is 32.4 Å². The predicted octanol–water partition coefficient (Wildman–Crippen LogP) is 2.97. The number of methoxy groups -OCH3 is 2. The Hall–Kier alpha value is -2.89. The Balaban J connectivity index is 2.17. The van der Waals surface area contributed by atoms with Crippen molar-refractivity contribution in [3.05, 3.63) is 53.7 Å². The van der Waals surface area contributed by atoms with Gasteiger partial charge in [-0.3, -0.25) is 0 Å². The molecule has 4 rings (SSSR count). The van der Waals surface area contributed by atoms with Gasteiger partial charge in [-0.15, -0.1) is 0 Å². The van der Waals surface area contributed by atoms with E-state index in [1.54, 1.807) is 14.2 Å². The molecular weight excluding hydrogens is 342 g/mol. The van der Waals surface area contributed by atoms with Crippen molar-refractivity contribution in [2.24, 2.45) is 7.05 Å². The van der Waals surface area contributed by atoms with Gasteiger partial charge in [-0.2, -0.15) is 4.57 Å². The topological polar surface area (TPSA) is 62.8 Å². The molecule has 138 valence electrons. The molecule has 5 nitrogen and oxygen atoms in total. The first-order chi connectivity index (χ1) is 13.1. The fourth-order valence-electron chi connectivity index (χ4n) is 3.92. The molecule has 2 N–H and O–H groups in total. The smallest absolute Gasteiger partial charge is 0.220 e. The number of aliphatic hydroxyl groups is 2. The van der Waals surface area contributed by atoms with Gasteiger partial charge < -0.3 is 19.7 Å². The first-order valence-electron chi connectivity index (χ1n) is 8.76. The Labute approximate surface area is 157 Å². The van der Waals surface area contributed by atoms with E-state index in [2.05, 4.69) is 16.7 Å². The summed E-state index contributed by atoms with van der Waals surface area (Å²) in [5, 5.41) is 24.6. The maximum absolute atomic E-state index is 9.86. The molecule has 0 unspecified atom stereocenters. The second kappa shape index (κ2) is 6.68. The highest BCUT2D eigenvalue weighted by Crippen LogP contribution is 2.37. The lowest BCUT2D eigenvalue weighted by molar-refractivity contribution is -0.642. The standard InChI is InChI=1S/C22H22NO4/c1-23-10-18-15(6-5-14(11-24)19(18)12-25)16-7-4-13-8-20(26-2)21(27-3)9-17(13)22(16)23/h4-10,24-25H,11-12H2,1-3H3/q+1. The van der Waals surface area contributed by atoms with Crippen molar-refractivity contribution in [2.45, 2.75) is 13.2 Å². The van der Waals surface area contributed by atoms with Crippen molar-refractivity contribution in [3.63, 3.8) is 0 Å². The summed E-state index contributed by atoms with van der Waals surface area (Å²) in [6.45, 7) is -0.209. The van der Waals surface area contributed by atoms with E-state index in [0.29, 0.717) is 11.5 Å². The molecule has 0 aliphatic rings. The molecule has 5 heteroatoms. The number of fused-ring (bicyclic) bond motifs is 5. The molecule has 0 bridgehead atoms. The Morgan fingerprint density at radius 3 is 2.19 bits per heavy atom. The summed E-state index contributed by atoms with van der Waals surface area (Å²) in [5.41, 5.74) is 2.58. The molecule has 27 heavy (non-hydrogen) atoms. The van der Waals surface area contributed by atoms with Gasteiger partial charge in [-0.25, -0.2) is 0 Å². The average molecular weight is 364 g/mol. The van der Waals surface area contributed by atoms with Gasteiger partial charge >= 0.3 is 0 Å². The van der Waals surface area contributed by atoms with E-state index in [1.807, 2.05) is 37.5 Å². The first-order valence-corrected chi connectivity index (χ1v) is 8.76. The van der Waals surface area contributed by atoms with Gasteiger partial charge in [0.2, 0.25) is 5.52 Å². The number of nitrogens with zero attached hydrogens (tertiary/aromatic N) is 1. The van der Waals surface area contributed by atoms with Crippen molar-refractivity contribution in [1.82, 2.24) is 0 Å². The largest absolute Gasteiger partial charge is 0.493 e. The minimum Gasteiger partial charge on any atom is -0.493 e. The molecule has 0 fully saturated rings. The van der Waals surface area contributed by atoms with Crippen LogP contribution in [0, 0.1) is 0 Å². The maximum Gasteiger partial charge on any atom is 0.220 e. The molecule has 1 heterocycles. The van der Waals surface area contributed by atoms with Crippen LogP contribution in [0.15, 0.2) is 42.6 Å². The van der Waals surface area contributed by atoms with Crippen LogP contribution in [0.3, 0.4) is 0 Å². The lowest BCUT2D eigenvalue weighted by Crippen LogP contribution is -2.29. The van der Waals surface area contributed by atoms with E-state index in [9.17, 15) is 10.2 Å². The van der Waals surface area contributed by atoms with Crippen molar-refractivity contribution < 1.29 is 24.3 Å². The molecule has 0 atom stereocenters. The minimum absolute atomic E-state index is 0.0949. The van der Waals surface area contributed by atoms with Crippen LogP contribution in [0.1, 0.15) is 11.1 Å². The molecule has 4 aromatic rings. The number of aryl methyl sites for hydroxylation is 1. The van der Waals surface area contributed by atoms with Gasteiger partial charge in [-0.05, 0) is 34.7 Å². The highest BCUT2D eigenvalue weighted by Gasteiger charge is 2.19. The summed E-state index contributed by atoms with van der Waals surface area (Å²) in [7, 11) is 5.26. The minimum atomic E-state index is -0.114. The molecule has 0 radical (unpaired) electrons. The monoisotopic (exact) mass is 364 g/mol. The van der Waals surface area contributed by atoms with Crippen molar-refractivity contribution >= 4 is 32.4 Å². The average Bonchev–Trinajstić information content (AvgIpc) is 2.71. The van der Waals surface area contributed by atoms with Crippen LogP contribution < -0.4 is 14.0 Å². The summed E-state index contributed by atoms with van der Waals surface area (Å²) in [6.07, 6.45) is 2.01. The van der Waals surface area contributed by atoms with E-state index in [0.717, 1.165) is 43.6 Å². The Kier molecular flexibility index (Phi) is 4.34. The summed E-state index contributed by atoms with van der Waals surface area (Å²) >= 11 is 0. The van der Waals surface area contributed by atoms with Crippen molar-refractivity contribution in [2.75, 3.05) is 14.2 Å². The van der Waals surface area contributed by atoms with Gasteiger partial charge in [0.1, 0.15) is 7.05 Å². The molecule has 0 spiro atoms. The molecule has 0 aliphatic heterocycles. The molecule has 0 saturated carbocycles. The fraction of sp³-hybridized carbons (Fsp3) is 0.227. The number of pyridine rings is 1. The SMILES string of the molecule is COc1cc2ccc3c4ccc(CO)c(CO)c4c[n+](C)c3c2cc1OC. The van der Waals surface area contributed by atoms with Crippen LogP contribution in [-0.4, -0.2) is 24.4 Å². The number of aromatic nitrogens is 1. The van der Waals surface area contributed by atoms with Crippen molar-refractivity contribution in [1.29, 1.82) is 0 Å². The van der Waals surface area contributed by atoms with Crippen LogP contribution >= 0.6 is 0 Å². The number of hydrogen-bond donors (Lipinski definition) is 2. The number of benzene rings is 3. The third-order valence-corrected chi connectivity index (χ3v) is 5.24. The zero-order valence-corrected chi connectivity index (χ0v) is 15.6. The Bertz CT molecular complexity index is 1180. The summed E-state index contributed by atoms with van der Waals surface area (Å²) in [5.74, 6) is 1.38. The van der Waals surface area contributed by atoms with Crippen LogP contribution in [0.2, 0.25) is 0 Å². The molecule has 0 saturated heterocycles. The Morgan fingerprint density at radius 1 is 0.815 bits per heavy atom. The molecule has 1 aromatic heterocycles. The number of rotatable bonds is 4. The van der Waals surface area contributed by atoms with Gasteiger partial charge in [0.05, 0.1) is 43.6 Å². The zero-order valence-electron chi connectivity index (χ0n) is 15.6. The van der Waals surface area contributed by atoms with E-state index in [1.165, 1.54) is 0 Å². The molecule has 0 amide bonds. The molecule has 3 aromatic carbocycles. The van der Waals surface area contributed by atoms with E-state index in [-0.39, 0.29) is 13.2 Å². The number of hydrogen-bond acceptors (Lipinski definition) is 4. The zero-order chi connectivity index (χ0) is 19.1. The van der Waals surface area contributed by atoms with Gasteiger partial charge in [0.25, 0.3) is 0 Å². The third-order valence-electron chi connectivity index (χ3n) is 5.24. The van der Waals surface area contributed by atoms with Crippen LogP contribution in [-0.2, 0) is 20.3 Å². The van der Waals surface area contributed by atoms with Gasteiger partial charge in [0, 0.05) is 5.39 Å². The highest BCUT2D eigenvalue weighted by atomic mass is 16.5. The third kappa shape index (κ3) is 2.59. The summed E-state index contributed by atoms with van der Waals surface area (Å²) in [6, 6.07) is 12.0. The van der Waals surface area contributed by atoms with E-state index >= 15 is 0 Å². The number of aliphatic hydroxyl groups excluding tert-OH is 2. The first kappa shape index (κ1) is 17.5. The van der Waals surface area contributed by atoms with Crippen molar-refractivity contribution in [3.8, 4) is 11.5 Å². The van der Waals surface area contributed by atoms with E-state index < -0.39 is 0 Å². The van der Waals surface area contributed by atoms with Crippen LogP contribution in [0.4, 0.5) is 0 Å². The van der Waals surface area contributed by atoms with E-state index in [4.69, 9.17) is 9.47 Å². The predicted molar refractivity (Wildman–Crippen MR) is 105 cm³/mol. The quantitative estimate of drug-likeness (QED) is 0.432. The lowest BCUT2D eigenvalue weighted by Gasteiger charge is -2.13. The molecular formula is C22H22NO4+. The highest BCUT2D eigenvalue weighted by molar-refractivity contribution is 6.14. The molecule has 0 aliphatic carbocycles. The summed E-state index contributed by atoms with van der Waals surface area (Å²) in [4.78, 5) is 0. The fourth-order valence-corrected chi connectivity index (χ4v) is 3.92. The number of ether oxygens (including phenoxy) is 2. The van der Waals surface area contributed by atoms with Gasteiger partial charge in [-0.1, -0.05) is 18.2 Å². The normalized spacial score (nSPS) is 11.4. The second-order valence-corrected chi connectivity index (χ2v) is 6.61. The van der Waals surface area contributed by atoms with Gasteiger partial charge in [0.15, 0.2) is 17.7 Å². The van der Waals surface area contributed by atoms with Crippen LogP contribution in [0.5, 0.6) is 11.5 Å². The Morgan fingerprint density at radius 2 is 1.52 bits per heavy atom. The second-order valence-electron chi connectivity index (χ2n) is 6.61. The maximum atomic E-state index is 9.86. The lowest BCUT2D eigenvalue weighted by atomic mass is 9.96.